The molecule has 0 spiro atoms. The Morgan fingerprint density at radius 3 is 3.00 bits per heavy atom. The molecule has 1 saturated heterocycles. The Morgan fingerprint density at radius 1 is 1.48 bits per heavy atom. The number of hydrogen-bond donors (Lipinski definition) is 0. The molecule has 0 aromatic carbocycles. The van der Waals surface area contributed by atoms with Crippen LogP contribution in [0.1, 0.15) is 21.7 Å². The summed E-state index contributed by atoms with van der Waals surface area (Å²) in [5.74, 6) is -0.0722. The maximum Gasteiger partial charge on any atom is 0.409 e. The number of alkyl halides is 1. The van der Waals surface area contributed by atoms with Gasteiger partial charge in [0.1, 0.15) is 11.3 Å². The van der Waals surface area contributed by atoms with Crippen molar-refractivity contribution < 1.29 is 19.1 Å². The van der Waals surface area contributed by atoms with Crippen LogP contribution in [0.2, 0.25) is 0 Å². The lowest BCUT2D eigenvalue weighted by Gasteiger charge is -2.31. The summed E-state index contributed by atoms with van der Waals surface area (Å²) in [5.41, 5.74) is 3.06. The summed E-state index contributed by atoms with van der Waals surface area (Å²) >= 11 is 3.22. The van der Waals surface area contributed by atoms with Crippen molar-refractivity contribution in [3.63, 3.8) is 0 Å². The van der Waals surface area contributed by atoms with Crippen molar-refractivity contribution in [2.45, 2.75) is 19.4 Å². The van der Waals surface area contributed by atoms with Crippen LogP contribution in [0.15, 0.2) is 18.3 Å². The van der Waals surface area contributed by atoms with E-state index in [0.717, 1.165) is 16.9 Å². The minimum atomic E-state index is -0.362. The van der Waals surface area contributed by atoms with Crippen LogP contribution in [0, 0.1) is 6.92 Å². The lowest BCUT2D eigenvalue weighted by molar-refractivity contribution is -0.0242. The van der Waals surface area contributed by atoms with Crippen LogP contribution in [0.4, 0.5) is 4.79 Å². The third kappa shape index (κ3) is 3.69. The number of aryl methyl sites for hydroxylation is 1. The Kier molecular flexibility index (Phi) is 5.39. The number of amides is 1. The van der Waals surface area contributed by atoms with Gasteiger partial charge in [0.15, 0.2) is 5.78 Å². The number of nitrogens with zero attached hydrogens (tertiary/aromatic N) is 3. The van der Waals surface area contributed by atoms with Crippen LogP contribution in [-0.4, -0.2) is 64.4 Å². The standard InChI is InChI=1S/C17H20BrN3O4/c1-11-3-4-21-13(16(14(22)9-18)19-15(21)7-11)8-12-10-20(5-6-25-12)17(23)24-2/h3-4,7,12H,5-6,8-10H2,1-2H3. The van der Waals surface area contributed by atoms with Gasteiger partial charge in [-0.1, -0.05) is 15.9 Å². The predicted octanol–water partition coefficient (Wildman–Crippen LogP) is 2.23. The summed E-state index contributed by atoms with van der Waals surface area (Å²) in [6.45, 7) is 3.35. The van der Waals surface area contributed by atoms with E-state index in [1.807, 2.05) is 29.7 Å². The minimum absolute atomic E-state index is 0.0722. The number of methoxy groups -OCH3 is 1. The van der Waals surface area contributed by atoms with E-state index < -0.39 is 0 Å². The molecule has 1 atom stereocenters. The smallest absolute Gasteiger partial charge is 0.409 e. The summed E-state index contributed by atoms with van der Waals surface area (Å²) in [4.78, 5) is 30.2. The van der Waals surface area contributed by atoms with Crippen molar-refractivity contribution in [3.8, 4) is 0 Å². The van der Waals surface area contributed by atoms with Crippen molar-refractivity contribution in [1.82, 2.24) is 14.3 Å². The Balaban J connectivity index is 1.91. The molecule has 0 radical (unpaired) electrons. The van der Waals surface area contributed by atoms with Crippen LogP contribution >= 0.6 is 15.9 Å². The number of rotatable bonds is 4. The van der Waals surface area contributed by atoms with Gasteiger partial charge in [-0.2, -0.15) is 0 Å². The van der Waals surface area contributed by atoms with E-state index in [1.165, 1.54) is 7.11 Å². The number of halogens is 1. The highest BCUT2D eigenvalue weighted by molar-refractivity contribution is 9.09. The first-order chi connectivity index (χ1) is 12.0. The summed E-state index contributed by atoms with van der Waals surface area (Å²) in [7, 11) is 1.37. The van der Waals surface area contributed by atoms with Crippen LogP contribution in [-0.2, 0) is 15.9 Å². The third-order valence-corrected chi connectivity index (χ3v) is 4.77. The first kappa shape index (κ1) is 17.9. The number of fused-ring (bicyclic) bond motifs is 1. The number of ether oxygens (including phenoxy) is 2. The fourth-order valence-electron chi connectivity index (χ4n) is 3.03. The molecular formula is C17H20BrN3O4. The van der Waals surface area contributed by atoms with Gasteiger partial charge in [0.2, 0.25) is 0 Å². The fraction of sp³-hybridized carbons (Fsp3) is 0.471. The van der Waals surface area contributed by atoms with Crippen molar-refractivity contribution in [2.75, 3.05) is 32.1 Å². The molecule has 1 fully saturated rings. The average Bonchev–Trinajstić information content (AvgIpc) is 2.98. The zero-order valence-electron chi connectivity index (χ0n) is 14.2. The Labute approximate surface area is 154 Å². The largest absolute Gasteiger partial charge is 0.453 e. The Bertz CT molecular complexity index is 805. The highest BCUT2D eigenvalue weighted by atomic mass is 79.9. The zero-order chi connectivity index (χ0) is 18.0. The molecule has 3 heterocycles. The molecule has 0 N–H and O–H groups in total. The van der Waals surface area contributed by atoms with Gasteiger partial charge in [-0.3, -0.25) is 4.79 Å². The Morgan fingerprint density at radius 2 is 2.28 bits per heavy atom. The SMILES string of the molecule is COC(=O)N1CCOC(Cc2c(C(=O)CBr)nc3cc(C)ccn23)C1. The third-order valence-electron chi connectivity index (χ3n) is 4.26. The van der Waals surface area contributed by atoms with Gasteiger partial charge in [0.05, 0.1) is 37.4 Å². The lowest BCUT2D eigenvalue weighted by atomic mass is 10.1. The highest BCUT2D eigenvalue weighted by Gasteiger charge is 2.28. The molecule has 1 amide bonds. The summed E-state index contributed by atoms with van der Waals surface area (Å²) in [6, 6.07) is 3.92. The second-order valence-corrected chi connectivity index (χ2v) is 6.57. The van der Waals surface area contributed by atoms with E-state index in [-0.39, 0.29) is 23.3 Å². The van der Waals surface area contributed by atoms with Crippen molar-refractivity contribution >= 4 is 33.5 Å². The monoisotopic (exact) mass is 409 g/mol. The van der Waals surface area contributed by atoms with Gasteiger partial charge < -0.3 is 18.8 Å². The lowest BCUT2D eigenvalue weighted by Crippen LogP contribution is -2.46. The normalized spacial score (nSPS) is 17.7. The number of aromatic nitrogens is 2. The molecule has 3 rings (SSSR count). The second kappa shape index (κ2) is 7.53. The molecule has 134 valence electrons. The average molecular weight is 410 g/mol. The number of hydrogen-bond acceptors (Lipinski definition) is 5. The predicted molar refractivity (Wildman–Crippen MR) is 95.5 cm³/mol. The van der Waals surface area contributed by atoms with Gasteiger partial charge in [0.25, 0.3) is 0 Å². The first-order valence-corrected chi connectivity index (χ1v) is 9.17. The van der Waals surface area contributed by atoms with E-state index in [4.69, 9.17) is 9.47 Å². The van der Waals surface area contributed by atoms with Gasteiger partial charge in [-0.05, 0) is 24.6 Å². The molecule has 0 saturated carbocycles. The quantitative estimate of drug-likeness (QED) is 0.571. The molecule has 2 aromatic heterocycles. The molecule has 7 nitrogen and oxygen atoms in total. The van der Waals surface area contributed by atoms with Gasteiger partial charge in [-0.25, -0.2) is 9.78 Å². The molecular weight excluding hydrogens is 390 g/mol. The van der Waals surface area contributed by atoms with E-state index in [2.05, 4.69) is 20.9 Å². The van der Waals surface area contributed by atoms with E-state index in [9.17, 15) is 9.59 Å². The number of imidazole rings is 1. The molecule has 0 bridgehead atoms. The maximum atomic E-state index is 12.3. The van der Waals surface area contributed by atoms with E-state index in [0.29, 0.717) is 31.8 Å². The number of pyridine rings is 1. The second-order valence-electron chi connectivity index (χ2n) is 6.01. The van der Waals surface area contributed by atoms with Crippen molar-refractivity contribution in [2.24, 2.45) is 0 Å². The molecule has 1 unspecified atom stereocenters. The molecule has 8 heteroatoms. The van der Waals surface area contributed by atoms with Crippen molar-refractivity contribution in [3.05, 3.63) is 35.3 Å². The van der Waals surface area contributed by atoms with Crippen molar-refractivity contribution in [1.29, 1.82) is 0 Å². The van der Waals surface area contributed by atoms with Crippen LogP contribution < -0.4 is 0 Å². The van der Waals surface area contributed by atoms with Crippen LogP contribution in [0.5, 0.6) is 0 Å². The highest BCUT2D eigenvalue weighted by Crippen LogP contribution is 2.20. The topological polar surface area (TPSA) is 73.1 Å². The van der Waals surface area contributed by atoms with Crippen LogP contribution in [0.25, 0.3) is 5.65 Å². The first-order valence-electron chi connectivity index (χ1n) is 8.04. The van der Waals surface area contributed by atoms with E-state index in [1.54, 1.807) is 4.90 Å². The number of carbonyl (C=O) groups excluding carboxylic acids is 2. The summed E-state index contributed by atoms with van der Waals surface area (Å²) in [6.07, 6.45) is 1.83. The van der Waals surface area contributed by atoms with Crippen LogP contribution in [0.3, 0.4) is 0 Å². The van der Waals surface area contributed by atoms with Gasteiger partial charge in [-0.15, -0.1) is 0 Å². The molecule has 2 aromatic rings. The molecule has 1 aliphatic rings. The van der Waals surface area contributed by atoms with Gasteiger partial charge >= 0.3 is 6.09 Å². The van der Waals surface area contributed by atoms with Gasteiger partial charge in [0, 0.05) is 19.2 Å². The fourth-order valence-corrected chi connectivity index (χ4v) is 3.30. The summed E-state index contributed by atoms with van der Waals surface area (Å²) < 4.78 is 12.5. The molecule has 0 aliphatic carbocycles. The maximum absolute atomic E-state index is 12.3. The Hall–Kier alpha value is -1.93. The number of Topliss-reactive ketones (excluding diaryl/α,β-unsaturated/α-hetero) is 1. The molecule has 1 aliphatic heterocycles. The van der Waals surface area contributed by atoms with E-state index >= 15 is 0 Å². The minimum Gasteiger partial charge on any atom is -0.453 e. The number of morpholine rings is 1. The number of ketones is 1. The summed E-state index contributed by atoms with van der Waals surface area (Å²) in [5, 5.41) is 0.211. The zero-order valence-corrected chi connectivity index (χ0v) is 15.8. The molecule has 25 heavy (non-hydrogen) atoms. The number of carbonyl (C=O) groups is 2.